The van der Waals surface area contributed by atoms with E-state index < -0.39 is 17.7 Å². The molecule has 0 saturated carbocycles. The van der Waals surface area contributed by atoms with Gasteiger partial charge in [0, 0.05) is 17.5 Å². The van der Waals surface area contributed by atoms with Crippen LogP contribution in [0.1, 0.15) is 22.9 Å². The smallest absolute Gasteiger partial charge is 0.163 e. The lowest BCUT2D eigenvalue weighted by Crippen LogP contribution is -2.20. The van der Waals surface area contributed by atoms with Gasteiger partial charge >= 0.3 is 0 Å². The molecule has 1 heterocycles. The Kier molecular flexibility index (Phi) is 3.67. The molecule has 1 aromatic heterocycles. The first kappa shape index (κ1) is 12.6. The molecule has 18 heavy (non-hydrogen) atoms. The highest BCUT2D eigenvalue weighted by atomic mass is 19.2. The van der Waals surface area contributed by atoms with Crippen molar-refractivity contribution < 1.29 is 8.78 Å². The predicted octanol–water partition coefficient (Wildman–Crippen LogP) is 2.98. The van der Waals surface area contributed by atoms with E-state index in [-0.39, 0.29) is 5.56 Å². The van der Waals surface area contributed by atoms with Gasteiger partial charge in [0.15, 0.2) is 11.6 Å². The minimum Gasteiger partial charge on any atom is -0.309 e. The first-order valence-corrected chi connectivity index (χ1v) is 5.68. The number of aryl methyl sites for hydroxylation is 1. The maximum Gasteiger partial charge on any atom is 0.163 e. The molecule has 0 aliphatic carbocycles. The average molecular weight is 248 g/mol. The monoisotopic (exact) mass is 248 g/mol. The van der Waals surface area contributed by atoms with Gasteiger partial charge in [-0.25, -0.2) is 8.78 Å². The van der Waals surface area contributed by atoms with E-state index in [2.05, 4.69) is 10.3 Å². The number of hydrogen-bond acceptors (Lipinski definition) is 2. The average Bonchev–Trinajstić information content (AvgIpc) is 2.37. The van der Waals surface area contributed by atoms with Gasteiger partial charge in [-0.1, -0.05) is 18.2 Å². The van der Waals surface area contributed by atoms with E-state index in [0.717, 1.165) is 17.3 Å². The van der Waals surface area contributed by atoms with Gasteiger partial charge in [-0.2, -0.15) is 0 Å². The number of nitrogens with zero attached hydrogens (tertiary/aromatic N) is 1. The lowest BCUT2D eigenvalue weighted by Gasteiger charge is -2.19. The summed E-state index contributed by atoms with van der Waals surface area (Å²) in [6.45, 7) is 1.84. The molecule has 1 aromatic carbocycles. The molecule has 0 saturated heterocycles. The van der Waals surface area contributed by atoms with Crippen LogP contribution in [0.15, 0.2) is 36.5 Å². The highest BCUT2D eigenvalue weighted by Crippen LogP contribution is 2.26. The van der Waals surface area contributed by atoms with E-state index in [9.17, 15) is 8.78 Å². The summed E-state index contributed by atoms with van der Waals surface area (Å²) in [5.41, 5.74) is 1.92. The third-order valence-electron chi connectivity index (χ3n) is 2.94. The molecule has 0 amide bonds. The van der Waals surface area contributed by atoms with Crippen LogP contribution < -0.4 is 5.32 Å². The van der Waals surface area contributed by atoms with E-state index in [4.69, 9.17) is 0 Å². The van der Waals surface area contributed by atoms with E-state index in [0.29, 0.717) is 0 Å². The summed E-state index contributed by atoms with van der Waals surface area (Å²) >= 11 is 0. The molecule has 1 unspecified atom stereocenters. The number of rotatable bonds is 3. The zero-order valence-corrected chi connectivity index (χ0v) is 10.2. The zero-order valence-electron chi connectivity index (χ0n) is 10.2. The van der Waals surface area contributed by atoms with Gasteiger partial charge in [0.1, 0.15) is 0 Å². The molecule has 0 bridgehead atoms. The van der Waals surface area contributed by atoms with Gasteiger partial charge in [0.2, 0.25) is 0 Å². The van der Waals surface area contributed by atoms with Crippen LogP contribution in [0.4, 0.5) is 8.78 Å². The Bertz CT molecular complexity index is 555. The number of halogens is 2. The molecule has 1 N–H and O–H groups in total. The summed E-state index contributed by atoms with van der Waals surface area (Å²) < 4.78 is 27.1. The van der Waals surface area contributed by atoms with Crippen molar-refractivity contribution in [3.63, 3.8) is 0 Å². The fourth-order valence-electron chi connectivity index (χ4n) is 2.02. The number of pyridine rings is 1. The van der Waals surface area contributed by atoms with Crippen LogP contribution in [-0.4, -0.2) is 12.0 Å². The molecule has 2 rings (SSSR count). The number of hydrogen-bond donors (Lipinski definition) is 1. The molecule has 0 spiro atoms. The van der Waals surface area contributed by atoms with Gasteiger partial charge in [0.05, 0.1) is 6.04 Å². The minimum absolute atomic E-state index is 0.286. The predicted molar refractivity (Wildman–Crippen MR) is 66.2 cm³/mol. The Morgan fingerprint density at radius 1 is 1.11 bits per heavy atom. The van der Waals surface area contributed by atoms with Crippen LogP contribution in [0, 0.1) is 18.6 Å². The molecular weight excluding hydrogens is 234 g/mol. The fraction of sp³-hybridized carbons (Fsp3) is 0.214. The first-order valence-electron chi connectivity index (χ1n) is 5.68. The first-order chi connectivity index (χ1) is 8.65. The largest absolute Gasteiger partial charge is 0.309 e. The standard InChI is InChI=1S/C14H14F2N2/c1-9-10(6-4-8-18-9)14(17-2)11-5-3-7-12(15)13(11)16/h3-8,14,17H,1-2H3. The summed E-state index contributed by atoms with van der Waals surface area (Å²) in [6.07, 6.45) is 1.67. The Morgan fingerprint density at radius 2 is 1.83 bits per heavy atom. The van der Waals surface area contributed by atoms with Crippen LogP contribution in [0.5, 0.6) is 0 Å². The van der Waals surface area contributed by atoms with Crippen molar-refractivity contribution in [1.82, 2.24) is 10.3 Å². The summed E-state index contributed by atoms with van der Waals surface area (Å²) in [7, 11) is 1.71. The van der Waals surface area contributed by atoms with Crippen LogP contribution in [0.2, 0.25) is 0 Å². The highest BCUT2D eigenvalue weighted by Gasteiger charge is 2.20. The third kappa shape index (κ3) is 2.24. The van der Waals surface area contributed by atoms with Crippen molar-refractivity contribution in [2.75, 3.05) is 7.05 Å². The van der Waals surface area contributed by atoms with E-state index in [1.807, 2.05) is 13.0 Å². The molecule has 94 valence electrons. The van der Waals surface area contributed by atoms with Crippen molar-refractivity contribution in [1.29, 1.82) is 0 Å². The lowest BCUT2D eigenvalue weighted by atomic mass is 9.97. The second kappa shape index (κ2) is 5.23. The van der Waals surface area contributed by atoms with Crippen LogP contribution in [-0.2, 0) is 0 Å². The van der Waals surface area contributed by atoms with E-state index in [1.54, 1.807) is 25.4 Å². The maximum absolute atomic E-state index is 13.8. The topological polar surface area (TPSA) is 24.9 Å². The van der Waals surface area contributed by atoms with Gasteiger partial charge in [-0.15, -0.1) is 0 Å². The van der Waals surface area contributed by atoms with Crippen molar-refractivity contribution >= 4 is 0 Å². The van der Waals surface area contributed by atoms with Gasteiger partial charge < -0.3 is 5.32 Å². The summed E-state index contributed by atoms with van der Waals surface area (Å²) in [5.74, 6) is -1.66. The normalized spacial score (nSPS) is 12.4. The van der Waals surface area contributed by atoms with Gasteiger partial charge in [-0.05, 0) is 31.7 Å². The molecule has 2 aromatic rings. The Balaban J connectivity index is 2.53. The maximum atomic E-state index is 13.8. The summed E-state index contributed by atoms with van der Waals surface area (Å²) in [5, 5.41) is 3.00. The van der Waals surface area contributed by atoms with E-state index in [1.165, 1.54) is 6.07 Å². The molecule has 2 nitrogen and oxygen atoms in total. The third-order valence-corrected chi connectivity index (χ3v) is 2.94. The molecule has 0 radical (unpaired) electrons. The SMILES string of the molecule is CNC(c1cccnc1C)c1cccc(F)c1F. The minimum atomic E-state index is -0.839. The zero-order chi connectivity index (χ0) is 13.1. The lowest BCUT2D eigenvalue weighted by molar-refractivity contribution is 0.487. The van der Waals surface area contributed by atoms with E-state index >= 15 is 0 Å². The van der Waals surface area contributed by atoms with Crippen molar-refractivity contribution in [3.8, 4) is 0 Å². The highest BCUT2D eigenvalue weighted by molar-refractivity contribution is 5.34. The van der Waals surface area contributed by atoms with Gasteiger partial charge in [-0.3, -0.25) is 4.98 Å². The van der Waals surface area contributed by atoms with Crippen molar-refractivity contribution in [3.05, 3.63) is 65.0 Å². The summed E-state index contributed by atoms with van der Waals surface area (Å²) in [4.78, 5) is 4.17. The Labute approximate surface area is 105 Å². The second-order valence-electron chi connectivity index (χ2n) is 4.04. The molecule has 0 aliphatic rings. The Hall–Kier alpha value is -1.81. The quantitative estimate of drug-likeness (QED) is 0.903. The molecule has 0 fully saturated rings. The molecule has 1 atom stereocenters. The molecule has 4 heteroatoms. The number of benzene rings is 1. The molecular formula is C14H14F2N2. The summed E-state index contributed by atoms with van der Waals surface area (Å²) in [6, 6.07) is 7.42. The number of nitrogens with one attached hydrogen (secondary N) is 1. The second-order valence-corrected chi connectivity index (χ2v) is 4.04. The molecule has 0 aliphatic heterocycles. The van der Waals surface area contributed by atoms with Crippen LogP contribution in [0.3, 0.4) is 0 Å². The fourth-order valence-corrected chi connectivity index (χ4v) is 2.02. The van der Waals surface area contributed by atoms with Crippen molar-refractivity contribution in [2.24, 2.45) is 0 Å². The van der Waals surface area contributed by atoms with Gasteiger partial charge in [0.25, 0.3) is 0 Å². The van der Waals surface area contributed by atoms with Crippen LogP contribution >= 0.6 is 0 Å². The van der Waals surface area contributed by atoms with Crippen molar-refractivity contribution in [2.45, 2.75) is 13.0 Å². The number of aromatic nitrogens is 1. The Morgan fingerprint density at radius 3 is 2.50 bits per heavy atom. The van der Waals surface area contributed by atoms with Crippen LogP contribution in [0.25, 0.3) is 0 Å².